The van der Waals surface area contributed by atoms with Crippen LogP contribution in [-0.4, -0.2) is 51.2 Å². The largest absolute Gasteiger partial charge is 0.320 e. The van der Waals surface area contributed by atoms with Gasteiger partial charge in [-0.15, -0.1) is 0 Å². The second-order valence-electron chi connectivity index (χ2n) is 4.37. The first-order valence-corrected chi connectivity index (χ1v) is 5.89. The Bertz CT molecular complexity index is 138. The Kier molecular flexibility index (Phi) is 6.15. The quantitative estimate of drug-likeness (QED) is 0.616. The second kappa shape index (κ2) is 7.21. The lowest BCUT2D eigenvalue weighted by Crippen LogP contribution is -2.44. The van der Waals surface area contributed by atoms with Crippen molar-refractivity contribution in [2.45, 2.75) is 31.7 Å². The van der Waals surface area contributed by atoms with Gasteiger partial charge in [-0.3, -0.25) is 0 Å². The van der Waals surface area contributed by atoms with E-state index in [0.717, 1.165) is 12.6 Å². The van der Waals surface area contributed by atoms with Crippen molar-refractivity contribution in [2.75, 3.05) is 40.3 Å². The van der Waals surface area contributed by atoms with Crippen molar-refractivity contribution in [1.82, 2.24) is 15.5 Å². The Morgan fingerprint density at radius 3 is 2.79 bits per heavy atom. The summed E-state index contributed by atoms with van der Waals surface area (Å²) in [7, 11) is 4.23. The van der Waals surface area contributed by atoms with Gasteiger partial charge in [-0.05, 0) is 59.4 Å². The van der Waals surface area contributed by atoms with Crippen LogP contribution in [0.1, 0.15) is 25.7 Å². The van der Waals surface area contributed by atoms with E-state index in [1.54, 1.807) is 0 Å². The molecule has 0 aromatic rings. The van der Waals surface area contributed by atoms with E-state index in [-0.39, 0.29) is 0 Å². The predicted octanol–water partition coefficient (Wildman–Crippen LogP) is 0.670. The molecular formula is C11H25N3. The first kappa shape index (κ1) is 12.0. The third kappa shape index (κ3) is 4.94. The zero-order valence-corrected chi connectivity index (χ0v) is 9.68. The lowest BCUT2D eigenvalue weighted by atomic mass is 10.1. The first-order valence-electron chi connectivity index (χ1n) is 5.89. The Hall–Kier alpha value is -0.120. The summed E-state index contributed by atoms with van der Waals surface area (Å²) in [6, 6.07) is 0.739. The minimum Gasteiger partial charge on any atom is -0.320 e. The van der Waals surface area contributed by atoms with Gasteiger partial charge in [0, 0.05) is 12.6 Å². The van der Waals surface area contributed by atoms with Gasteiger partial charge < -0.3 is 15.5 Å². The Morgan fingerprint density at radius 2 is 2.07 bits per heavy atom. The van der Waals surface area contributed by atoms with E-state index in [1.807, 2.05) is 7.05 Å². The van der Waals surface area contributed by atoms with E-state index in [0.29, 0.717) is 0 Å². The molecule has 1 saturated heterocycles. The highest BCUT2D eigenvalue weighted by Crippen LogP contribution is 2.07. The van der Waals surface area contributed by atoms with E-state index in [1.165, 1.54) is 45.3 Å². The van der Waals surface area contributed by atoms with Gasteiger partial charge in [-0.25, -0.2) is 0 Å². The smallest absolute Gasteiger partial charge is 0.0195 e. The number of unbranched alkanes of at least 4 members (excludes halogenated alkanes) is 1. The van der Waals surface area contributed by atoms with Crippen molar-refractivity contribution in [3.05, 3.63) is 0 Å². The van der Waals surface area contributed by atoms with Crippen LogP contribution in [0.3, 0.4) is 0 Å². The average Bonchev–Trinajstić information content (AvgIpc) is 2.18. The Balaban J connectivity index is 1.95. The van der Waals surface area contributed by atoms with Crippen molar-refractivity contribution in [3.8, 4) is 0 Å². The summed E-state index contributed by atoms with van der Waals surface area (Å²) in [4.78, 5) is 2.43. The Labute approximate surface area is 88.2 Å². The number of piperidine rings is 1. The van der Waals surface area contributed by atoms with E-state index < -0.39 is 0 Å². The standard InChI is InChI=1S/C11H25N3/c1-12-7-3-4-8-13-11-6-5-9-14(2)10-11/h11-13H,3-10H2,1-2H3. The van der Waals surface area contributed by atoms with Crippen molar-refractivity contribution < 1.29 is 0 Å². The molecule has 2 N–H and O–H groups in total. The topological polar surface area (TPSA) is 27.3 Å². The highest BCUT2D eigenvalue weighted by atomic mass is 15.1. The predicted molar refractivity (Wildman–Crippen MR) is 61.7 cm³/mol. The number of hydrogen-bond donors (Lipinski definition) is 2. The molecule has 0 aromatic carbocycles. The zero-order valence-electron chi connectivity index (χ0n) is 9.68. The molecule has 84 valence electrons. The van der Waals surface area contributed by atoms with Crippen LogP contribution in [0, 0.1) is 0 Å². The molecule has 0 radical (unpaired) electrons. The number of nitrogens with zero attached hydrogens (tertiary/aromatic N) is 1. The maximum atomic E-state index is 3.64. The maximum Gasteiger partial charge on any atom is 0.0195 e. The van der Waals surface area contributed by atoms with Crippen molar-refractivity contribution in [2.24, 2.45) is 0 Å². The SMILES string of the molecule is CNCCCCNC1CCCN(C)C1. The number of nitrogens with one attached hydrogen (secondary N) is 2. The summed E-state index contributed by atoms with van der Waals surface area (Å²) in [5.74, 6) is 0. The minimum absolute atomic E-state index is 0.739. The summed E-state index contributed by atoms with van der Waals surface area (Å²) >= 11 is 0. The van der Waals surface area contributed by atoms with Gasteiger partial charge in [0.15, 0.2) is 0 Å². The Morgan fingerprint density at radius 1 is 1.29 bits per heavy atom. The lowest BCUT2D eigenvalue weighted by Gasteiger charge is -2.30. The summed E-state index contributed by atoms with van der Waals surface area (Å²) in [5.41, 5.74) is 0. The number of likely N-dealkylation sites (N-methyl/N-ethyl adjacent to an activating group) is 1. The number of rotatable bonds is 6. The van der Waals surface area contributed by atoms with E-state index in [4.69, 9.17) is 0 Å². The van der Waals surface area contributed by atoms with Gasteiger partial charge in [0.25, 0.3) is 0 Å². The van der Waals surface area contributed by atoms with Crippen molar-refractivity contribution >= 4 is 0 Å². The third-order valence-corrected chi connectivity index (χ3v) is 2.91. The fourth-order valence-corrected chi connectivity index (χ4v) is 2.07. The lowest BCUT2D eigenvalue weighted by molar-refractivity contribution is 0.227. The summed E-state index contributed by atoms with van der Waals surface area (Å²) < 4.78 is 0. The molecule has 1 aliphatic heterocycles. The summed E-state index contributed by atoms with van der Waals surface area (Å²) in [6.07, 6.45) is 5.29. The molecule has 14 heavy (non-hydrogen) atoms. The van der Waals surface area contributed by atoms with Gasteiger partial charge >= 0.3 is 0 Å². The normalized spacial score (nSPS) is 24.0. The second-order valence-corrected chi connectivity index (χ2v) is 4.37. The van der Waals surface area contributed by atoms with Gasteiger partial charge in [0.1, 0.15) is 0 Å². The van der Waals surface area contributed by atoms with E-state index >= 15 is 0 Å². The summed E-state index contributed by atoms with van der Waals surface area (Å²) in [6.45, 7) is 4.83. The average molecular weight is 199 g/mol. The summed E-state index contributed by atoms with van der Waals surface area (Å²) in [5, 5.41) is 6.82. The van der Waals surface area contributed by atoms with E-state index in [9.17, 15) is 0 Å². The van der Waals surface area contributed by atoms with Crippen LogP contribution >= 0.6 is 0 Å². The van der Waals surface area contributed by atoms with Crippen molar-refractivity contribution in [1.29, 1.82) is 0 Å². The van der Waals surface area contributed by atoms with E-state index in [2.05, 4.69) is 22.6 Å². The fourth-order valence-electron chi connectivity index (χ4n) is 2.07. The minimum atomic E-state index is 0.739. The zero-order chi connectivity index (χ0) is 10.2. The number of hydrogen-bond acceptors (Lipinski definition) is 3. The van der Waals surface area contributed by atoms with Gasteiger partial charge in [0.2, 0.25) is 0 Å². The molecule has 0 saturated carbocycles. The molecule has 0 aliphatic carbocycles. The molecule has 1 heterocycles. The third-order valence-electron chi connectivity index (χ3n) is 2.91. The highest BCUT2D eigenvalue weighted by molar-refractivity contribution is 4.75. The highest BCUT2D eigenvalue weighted by Gasteiger charge is 2.15. The fraction of sp³-hybridized carbons (Fsp3) is 1.00. The van der Waals surface area contributed by atoms with Crippen LogP contribution in [0.25, 0.3) is 0 Å². The van der Waals surface area contributed by atoms with Crippen LogP contribution in [0.4, 0.5) is 0 Å². The van der Waals surface area contributed by atoms with Crippen LogP contribution < -0.4 is 10.6 Å². The molecular weight excluding hydrogens is 174 g/mol. The maximum absolute atomic E-state index is 3.64. The van der Waals surface area contributed by atoms with Crippen molar-refractivity contribution in [3.63, 3.8) is 0 Å². The molecule has 3 heteroatoms. The molecule has 0 spiro atoms. The molecule has 1 atom stereocenters. The molecule has 1 aliphatic rings. The molecule has 0 amide bonds. The molecule has 1 fully saturated rings. The van der Waals surface area contributed by atoms with Crippen LogP contribution in [0.5, 0.6) is 0 Å². The van der Waals surface area contributed by atoms with Crippen LogP contribution in [0.2, 0.25) is 0 Å². The number of likely N-dealkylation sites (tertiary alicyclic amines) is 1. The van der Waals surface area contributed by atoms with Crippen LogP contribution in [-0.2, 0) is 0 Å². The van der Waals surface area contributed by atoms with Gasteiger partial charge in [-0.2, -0.15) is 0 Å². The monoisotopic (exact) mass is 199 g/mol. The van der Waals surface area contributed by atoms with Crippen LogP contribution in [0.15, 0.2) is 0 Å². The van der Waals surface area contributed by atoms with Gasteiger partial charge in [0.05, 0.1) is 0 Å². The molecule has 0 bridgehead atoms. The molecule has 0 aromatic heterocycles. The molecule has 1 rings (SSSR count). The molecule has 1 unspecified atom stereocenters. The van der Waals surface area contributed by atoms with Gasteiger partial charge in [-0.1, -0.05) is 0 Å². The first-order chi connectivity index (χ1) is 6.83. The molecule has 3 nitrogen and oxygen atoms in total.